The van der Waals surface area contributed by atoms with Crippen molar-refractivity contribution in [2.45, 2.75) is 18.8 Å². The van der Waals surface area contributed by atoms with Crippen LogP contribution in [0.2, 0.25) is 0 Å². The molecule has 0 atom stereocenters. The highest BCUT2D eigenvalue weighted by Crippen LogP contribution is 2.39. The molecule has 0 radical (unpaired) electrons. The van der Waals surface area contributed by atoms with E-state index in [0.717, 1.165) is 18.5 Å². The second kappa shape index (κ2) is 5.28. The Labute approximate surface area is 130 Å². The molecule has 1 amide bonds. The van der Waals surface area contributed by atoms with Gasteiger partial charge in [-0.2, -0.15) is 0 Å². The summed E-state index contributed by atoms with van der Waals surface area (Å²) in [4.78, 5) is 27.5. The molecule has 23 heavy (non-hydrogen) atoms. The summed E-state index contributed by atoms with van der Waals surface area (Å²) < 4.78 is 6.92. The summed E-state index contributed by atoms with van der Waals surface area (Å²) in [5.74, 6) is 0.712. The highest BCUT2D eigenvalue weighted by atomic mass is 16.3. The average Bonchev–Trinajstić information content (AvgIpc) is 3.12. The van der Waals surface area contributed by atoms with Gasteiger partial charge < -0.3 is 9.73 Å². The third kappa shape index (κ3) is 2.80. The lowest BCUT2D eigenvalue weighted by atomic mass is 10.2. The minimum absolute atomic E-state index is 0.167. The maximum atomic E-state index is 12.1. The number of nitrogens with one attached hydrogen (secondary N) is 2. The number of hydrogen-bond acceptors (Lipinski definition) is 4. The zero-order valence-corrected chi connectivity index (χ0v) is 12.2. The molecule has 4 rings (SSSR count). The first-order valence-corrected chi connectivity index (χ1v) is 7.34. The number of hydrogen-bond donors (Lipinski definition) is 2. The van der Waals surface area contributed by atoms with Crippen LogP contribution in [0.4, 0.5) is 5.69 Å². The van der Waals surface area contributed by atoms with Crippen LogP contribution in [0.25, 0.3) is 5.69 Å². The first kappa shape index (κ1) is 13.6. The van der Waals surface area contributed by atoms with Crippen LogP contribution in [0, 0.1) is 0 Å². The van der Waals surface area contributed by atoms with Gasteiger partial charge in [0.2, 0.25) is 0 Å². The zero-order valence-electron chi connectivity index (χ0n) is 12.2. The molecule has 1 fully saturated rings. The van der Waals surface area contributed by atoms with Crippen LogP contribution >= 0.6 is 0 Å². The Hall–Kier alpha value is -3.09. The number of nitrogens with zero attached hydrogens (tertiary/aromatic N) is 2. The number of aromatic amines is 1. The molecule has 7 heteroatoms. The van der Waals surface area contributed by atoms with Crippen LogP contribution in [0.3, 0.4) is 0 Å². The molecule has 7 nitrogen and oxygen atoms in total. The molecule has 1 saturated carbocycles. The van der Waals surface area contributed by atoms with E-state index in [0.29, 0.717) is 17.5 Å². The highest BCUT2D eigenvalue weighted by Gasteiger charge is 2.29. The quantitative estimate of drug-likeness (QED) is 0.773. The maximum Gasteiger partial charge on any atom is 0.277 e. The van der Waals surface area contributed by atoms with E-state index in [-0.39, 0.29) is 17.2 Å². The van der Waals surface area contributed by atoms with Crippen molar-refractivity contribution in [2.24, 2.45) is 0 Å². The predicted octanol–water partition coefficient (Wildman–Crippen LogP) is 2.28. The number of oxazole rings is 1. The number of amides is 1. The van der Waals surface area contributed by atoms with Crippen molar-refractivity contribution in [1.82, 2.24) is 14.8 Å². The van der Waals surface area contributed by atoms with E-state index in [1.165, 1.54) is 12.3 Å². The van der Waals surface area contributed by atoms with E-state index >= 15 is 0 Å². The number of rotatable bonds is 4. The van der Waals surface area contributed by atoms with Gasteiger partial charge >= 0.3 is 0 Å². The van der Waals surface area contributed by atoms with Crippen LogP contribution in [0.1, 0.15) is 35.1 Å². The second-order valence-electron chi connectivity index (χ2n) is 5.51. The number of aromatic nitrogens is 3. The largest absolute Gasteiger partial charge is 0.448 e. The SMILES string of the molecule is O=C(Nc1ccc(-n2ccc(=O)[nH]2)cc1)c1coc(C2CC2)n1. The summed E-state index contributed by atoms with van der Waals surface area (Å²) in [7, 11) is 0. The number of carbonyl (C=O) groups is 1. The van der Waals surface area contributed by atoms with E-state index in [1.807, 2.05) is 0 Å². The lowest BCUT2D eigenvalue weighted by Gasteiger charge is -2.05. The summed E-state index contributed by atoms with van der Waals surface area (Å²) in [6.45, 7) is 0. The van der Waals surface area contributed by atoms with Crippen molar-refractivity contribution in [3.05, 3.63) is 64.7 Å². The maximum absolute atomic E-state index is 12.1. The fourth-order valence-corrected chi connectivity index (χ4v) is 2.30. The lowest BCUT2D eigenvalue weighted by Crippen LogP contribution is -2.12. The van der Waals surface area contributed by atoms with Gasteiger partial charge in [-0.25, -0.2) is 4.98 Å². The average molecular weight is 310 g/mol. The first-order chi connectivity index (χ1) is 11.2. The molecule has 2 N–H and O–H groups in total. The molecule has 0 saturated heterocycles. The van der Waals surface area contributed by atoms with E-state index < -0.39 is 0 Å². The number of benzene rings is 1. The summed E-state index contributed by atoms with van der Waals surface area (Å²) in [5.41, 5.74) is 1.55. The van der Waals surface area contributed by atoms with E-state index in [4.69, 9.17) is 4.42 Å². The third-order valence-electron chi connectivity index (χ3n) is 3.69. The van der Waals surface area contributed by atoms with Gasteiger partial charge in [-0.05, 0) is 37.1 Å². The molecule has 2 heterocycles. The van der Waals surface area contributed by atoms with Gasteiger partial charge in [0, 0.05) is 23.9 Å². The fraction of sp³-hybridized carbons (Fsp3) is 0.188. The lowest BCUT2D eigenvalue weighted by molar-refractivity contribution is 0.102. The smallest absolute Gasteiger partial charge is 0.277 e. The van der Waals surface area contributed by atoms with Crippen LogP contribution in [0.5, 0.6) is 0 Å². The predicted molar refractivity (Wildman–Crippen MR) is 82.8 cm³/mol. The van der Waals surface area contributed by atoms with E-state index in [9.17, 15) is 9.59 Å². The van der Waals surface area contributed by atoms with Crippen molar-refractivity contribution in [2.75, 3.05) is 5.32 Å². The summed E-state index contributed by atoms with van der Waals surface area (Å²) >= 11 is 0. The standard InChI is InChI=1S/C16H14N4O3/c21-14-7-8-20(19-14)12-5-3-11(4-6-12)17-15(22)13-9-23-16(18-13)10-1-2-10/h3-10H,1-2H2,(H,17,22)(H,19,21). The van der Waals surface area contributed by atoms with Gasteiger partial charge in [-0.1, -0.05) is 0 Å². The monoisotopic (exact) mass is 310 g/mol. The minimum atomic E-state index is -0.303. The molecule has 116 valence electrons. The van der Waals surface area contributed by atoms with Gasteiger partial charge in [-0.15, -0.1) is 0 Å². The first-order valence-electron chi connectivity index (χ1n) is 7.34. The summed E-state index contributed by atoms with van der Waals surface area (Å²) in [5, 5.41) is 5.42. The Morgan fingerprint density at radius 2 is 2.04 bits per heavy atom. The zero-order chi connectivity index (χ0) is 15.8. The number of H-pyrrole nitrogens is 1. The van der Waals surface area contributed by atoms with Gasteiger partial charge in [0.05, 0.1) is 5.69 Å². The number of carbonyl (C=O) groups excluding carboxylic acids is 1. The Morgan fingerprint density at radius 1 is 1.26 bits per heavy atom. The molecular weight excluding hydrogens is 296 g/mol. The topological polar surface area (TPSA) is 92.9 Å². The van der Waals surface area contributed by atoms with Gasteiger partial charge in [0.15, 0.2) is 11.6 Å². The molecule has 3 aromatic rings. The normalized spacial score (nSPS) is 13.9. The fourth-order valence-electron chi connectivity index (χ4n) is 2.30. The van der Waals surface area contributed by atoms with E-state index in [1.54, 1.807) is 35.1 Å². The van der Waals surface area contributed by atoms with Crippen molar-refractivity contribution in [3.8, 4) is 5.69 Å². The molecule has 1 aromatic carbocycles. The minimum Gasteiger partial charge on any atom is -0.448 e. The van der Waals surface area contributed by atoms with Crippen LogP contribution in [-0.4, -0.2) is 20.7 Å². The molecule has 0 aliphatic heterocycles. The van der Waals surface area contributed by atoms with Crippen molar-refractivity contribution in [3.63, 3.8) is 0 Å². The molecule has 0 spiro atoms. The van der Waals surface area contributed by atoms with Crippen LogP contribution in [-0.2, 0) is 0 Å². The Bertz CT molecular complexity index is 900. The van der Waals surface area contributed by atoms with E-state index in [2.05, 4.69) is 15.4 Å². The summed E-state index contributed by atoms with van der Waals surface area (Å²) in [6, 6.07) is 8.55. The van der Waals surface area contributed by atoms with Gasteiger partial charge in [0.25, 0.3) is 11.5 Å². The van der Waals surface area contributed by atoms with Gasteiger partial charge in [-0.3, -0.25) is 19.4 Å². The van der Waals surface area contributed by atoms with Gasteiger partial charge in [0.1, 0.15) is 6.26 Å². The van der Waals surface area contributed by atoms with Crippen LogP contribution < -0.4 is 10.9 Å². The molecule has 1 aliphatic carbocycles. The molecular formula is C16H14N4O3. The molecule has 0 bridgehead atoms. The Balaban J connectivity index is 1.47. The molecule has 2 aromatic heterocycles. The number of anilines is 1. The molecule has 1 aliphatic rings. The Kier molecular flexibility index (Phi) is 3.11. The van der Waals surface area contributed by atoms with Crippen molar-refractivity contribution >= 4 is 11.6 Å². The highest BCUT2D eigenvalue weighted by molar-refractivity contribution is 6.02. The third-order valence-corrected chi connectivity index (χ3v) is 3.69. The molecule has 0 unspecified atom stereocenters. The summed E-state index contributed by atoms with van der Waals surface area (Å²) in [6.07, 6.45) is 5.18. The Morgan fingerprint density at radius 3 is 2.70 bits per heavy atom. The van der Waals surface area contributed by atoms with Crippen molar-refractivity contribution < 1.29 is 9.21 Å². The second-order valence-corrected chi connectivity index (χ2v) is 5.51. The van der Waals surface area contributed by atoms with Crippen molar-refractivity contribution in [1.29, 1.82) is 0 Å². The van der Waals surface area contributed by atoms with Crippen LogP contribution in [0.15, 0.2) is 52.0 Å².